The molecule has 6 nitrogen and oxygen atoms in total. The zero-order valence-corrected chi connectivity index (χ0v) is 15.7. The molecule has 26 heavy (non-hydrogen) atoms. The van der Waals surface area contributed by atoms with Crippen LogP contribution in [0.2, 0.25) is 0 Å². The topological polar surface area (TPSA) is 69.7 Å². The van der Waals surface area contributed by atoms with Crippen molar-refractivity contribution in [2.75, 3.05) is 26.2 Å². The summed E-state index contributed by atoms with van der Waals surface area (Å²) in [6.07, 6.45) is 5.01. The normalized spacial score (nSPS) is 20.7. The Kier molecular flexibility index (Phi) is 6.26. The molecule has 0 spiro atoms. The Hall–Kier alpha value is -1.51. The monoisotopic (exact) mass is 383 g/mol. The maximum absolute atomic E-state index is 13.8. The van der Waals surface area contributed by atoms with E-state index < -0.39 is 16.0 Å². The smallest absolute Gasteiger partial charge is 0.279 e. The van der Waals surface area contributed by atoms with Crippen molar-refractivity contribution in [3.05, 3.63) is 35.6 Å². The highest BCUT2D eigenvalue weighted by Crippen LogP contribution is 2.18. The molecule has 0 saturated carbocycles. The molecule has 1 aromatic carbocycles. The molecule has 2 aliphatic rings. The van der Waals surface area contributed by atoms with E-state index in [9.17, 15) is 17.6 Å². The van der Waals surface area contributed by atoms with E-state index in [1.165, 1.54) is 16.4 Å². The molecule has 0 unspecified atom stereocenters. The second-order valence-corrected chi connectivity index (χ2v) is 8.68. The van der Waals surface area contributed by atoms with Gasteiger partial charge in [-0.25, -0.2) is 4.39 Å². The average molecular weight is 383 g/mol. The number of nitrogens with zero attached hydrogens (tertiary/aromatic N) is 2. The fourth-order valence-electron chi connectivity index (χ4n) is 3.57. The predicted octanol–water partition coefficient (Wildman–Crippen LogP) is 2.14. The molecule has 0 atom stereocenters. The van der Waals surface area contributed by atoms with Gasteiger partial charge >= 0.3 is 0 Å². The maximum Gasteiger partial charge on any atom is 0.279 e. The lowest BCUT2D eigenvalue weighted by molar-refractivity contribution is 0.0706. The average Bonchev–Trinajstić information content (AvgIpc) is 2.92. The molecule has 1 amide bonds. The first kappa shape index (κ1) is 19.3. The summed E-state index contributed by atoms with van der Waals surface area (Å²) in [6, 6.07) is 5.75. The van der Waals surface area contributed by atoms with Crippen molar-refractivity contribution in [1.29, 1.82) is 0 Å². The van der Waals surface area contributed by atoms with E-state index in [0.29, 0.717) is 39.0 Å². The highest BCUT2D eigenvalue weighted by atomic mass is 32.2. The first-order chi connectivity index (χ1) is 12.5. The van der Waals surface area contributed by atoms with E-state index in [0.717, 1.165) is 25.7 Å². The number of halogens is 1. The van der Waals surface area contributed by atoms with E-state index in [1.54, 1.807) is 17.0 Å². The van der Waals surface area contributed by atoms with Gasteiger partial charge < -0.3 is 4.90 Å². The predicted molar refractivity (Wildman–Crippen MR) is 97.4 cm³/mol. The second-order valence-electron chi connectivity index (χ2n) is 6.98. The fraction of sp³-hybridized carbons (Fsp3) is 0.611. The maximum atomic E-state index is 13.8. The van der Waals surface area contributed by atoms with Gasteiger partial charge in [-0.15, -0.1) is 0 Å². The molecule has 2 fully saturated rings. The molecular formula is C18H26FN3O3S. The van der Waals surface area contributed by atoms with Crippen LogP contribution in [0.4, 0.5) is 4.39 Å². The van der Waals surface area contributed by atoms with Crippen LogP contribution in [0, 0.1) is 5.82 Å². The van der Waals surface area contributed by atoms with Crippen LogP contribution in [0.25, 0.3) is 0 Å². The number of hydrogen-bond acceptors (Lipinski definition) is 3. The molecule has 8 heteroatoms. The highest BCUT2D eigenvalue weighted by molar-refractivity contribution is 7.87. The van der Waals surface area contributed by atoms with Crippen LogP contribution in [0.15, 0.2) is 24.3 Å². The zero-order chi connectivity index (χ0) is 18.6. The molecule has 0 bridgehead atoms. The number of piperidine rings is 1. The summed E-state index contributed by atoms with van der Waals surface area (Å²) in [5, 5.41) is 0. The molecule has 0 aromatic heterocycles. The van der Waals surface area contributed by atoms with Crippen molar-refractivity contribution in [3.63, 3.8) is 0 Å². The highest BCUT2D eigenvalue weighted by Gasteiger charge is 2.30. The number of carbonyl (C=O) groups excluding carboxylic acids is 1. The van der Waals surface area contributed by atoms with Crippen LogP contribution < -0.4 is 4.72 Å². The molecule has 1 aromatic rings. The first-order valence-corrected chi connectivity index (χ1v) is 10.7. The first-order valence-electron chi connectivity index (χ1n) is 9.28. The van der Waals surface area contributed by atoms with E-state index in [4.69, 9.17) is 0 Å². The largest absolute Gasteiger partial charge is 0.338 e. The van der Waals surface area contributed by atoms with Crippen LogP contribution in [0.3, 0.4) is 0 Å². The quantitative estimate of drug-likeness (QED) is 0.866. The van der Waals surface area contributed by atoms with Crippen LogP contribution >= 0.6 is 0 Å². The summed E-state index contributed by atoms with van der Waals surface area (Å²) < 4.78 is 43.3. The van der Waals surface area contributed by atoms with E-state index in [-0.39, 0.29) is 17.5 Å². The van der Waals surface area contributed by atoms with E-state index >= 15 is 0 Å². The van der Waals surface area contributed by atoms with Gasteiger partial charge in [0.05, 0.1) is 5.56 Å². The van der Waals surface area contributed by atoms with Gasteiger partial charge in [-0.05, 0) is 37.8 Å². The minimum atomic E-state index is -3.48. The van der Waals surface area contributed by atoms with Crippen molar-refractivity contribution in [1.82, 2.24) is 13.9 Å². The lowest BCUT2D eigenvalue weighted by atomic mass is 10.0. The summed E-state index contributed by atoms with van der Waals surface area (Å²) in [4.78, 5) is 14.0. The molecule has 0 aliphatic carbocycles. The number of benzene rings is 1. The molecule has 2 heterocycles. The molecule has 3 rings (SSSR count). The Morgan fingerprint density at radius 2 is 1.62 bits per heavy atom. The number of likely N-dealkylation sites (tertiary alicyclic amines) is 1. The van der Waals surface area contributed by atoms with Gasteiger partial charge in [-0.3, -0.25) is 4.79 Å². The fourth-order valence-corrected chi connectivity index (χ4v) is 5.12. The summed E-state index contributed by atoms with van der Waals surface area (Å²) in [6.45, 7) is 1.97. The van der Waals surface area contributed by atoms with Gasteiger partial charge in [-0.1, -0.05) is 25.0 Å². The Bertz CT molecular complexity index is 725. The van der Waals surface area contributed by atoms with Crippen molar-refractivity contribution >= 4 is 16.1 Å². The van der Waals surface area contributed by atoms with Gasteiger partial charge in [0, 0.05) is 32.2 Å². The second kappa shape index (κ2) is 8.45. The Morgan fingerprint density at radius 1 is 1.00 bits per heavy atom. The van der Waals surface area contributed by atoms with E-state index in [1.807, 2.05) is 0 Å². The third-order valence-corrected chi connectivity index (χ3v) is 6.78. The standard InChI is InChI=1S/C18H26FN3O3S/c19-17-8-4-3-7-16(17)18(23)21-13-9-15(10-14-21)20-26(24,25)22-11-5-1-2-6-12-22/h3-4,7-8,15,20H,1-2,5-6,9-14H2. The number of rotatable bonds is 4. The Balaban J connectivity index is 1.55. The minimum absolute atomic E-state index is 0.0658. The van der Waals surface area contributed by atoms with Crippen LogP contribution in [-0.4, -0.2) is 55.8 Å². The van der Waals surface area contributed by atoms with Crippen molar-refractivity contribution < 1.29 is 17.6 Å². The Morgan fingerprint density at radius 3 is 2.23 bits per heavy atom. The third-order valence-electron chi connectivity index (χ3n) is 5.11. The van der Waals surface area contributed by atoms with Crippen molar-refractivity contribution in [2.45, 2.75) is 44.6 Å². The lowest BCUT2D eigenvalue weighted by Gasteiger charge is -2.33. The SMILES string of the molecule is O=C(c1ccccc1F)N1CCC(NS(=O)(=O)N2CCCCCC2)CC1. The Labute approximate surface area is 154 Å². The summed E-state index contributed by atoms with van der Waals surface area (Å²) >= 11 is 0. The molecule has 2 saturated heterocycles. The molecular weight excluding hydrogens is 357 g/mol. The van der Waals surface area contributed by atoms with Gasteiger partial charge in [0.1, 0.15) is 5.82 Å². The number of hydrogen-bond donors (Lipinski definition) is 1. The number of carbonyl (C=O) groups is 1. The van der Waals surface area contributed by atoms with E-state index in [2.05, 4.69) is 4.72 Å². The summed E-state index contributed by atoms with van der Waals surface area (Å²) in [5.41, 5.74) is 0.0658. The number of amides is 1. The zero-order valence-electron chi connectivity index (χ0n) is 14.9. The summed E-state index contributed by atoms with van der Waals surface area (Å²) in [5.74, 6) is -0.863. The van der Waals surface area contributed by atoms with Crippen LogP contribution in [0.1, 0.15) is 48.9 Å². The van der Waals surface area contributed by atoms with Gasteiger partial charge in [0.15, 0.2) is 0 Å². The lowest BCUT2D eigenvalue weighted by Crippen LogP contribution is -2.50. The van der Waals surface area contributed by atoms with Gasteiger partial charge in [0.25, 0.3) is 16.1 Å². The molecule has 1 N–H and O–H groups in total. The third kappa shape index (κ3) is 4.61. The molecule has 0 radical (unpaired) electrons. The molecule has 144 valence electrons. The van der Waals surface area contributed by atoms with Gasteiger partial charge in [0.2, 0.25) is 0 Å². The van der Waals surface area contributed by atoms with Crippen molar-refractivity contribution in [3.8, 4) is 0 Å². The van der Waals surface area contributed by atoms with Crippen LogP contribution in [0.5, 0.6) is 0 Å². The van der Waals surface area contributed by atoms with Crippen LogP contribution in [-0.2, 0) is 10.2 Å². The van der Waals surface area contributed by atoms with Crippen molar-refractivity contribution in [2.24, 2.45) is 0 Å². The number of nitrogens with one attached hydrogen (secondary N) is 1. The van der Waals surface area contributed by atoms with Gasteiger partial charge in [-0.2, -0.15) is 17.4 Å². The summed E-state index contributed by atoms with van der Waals surface area (Å²) in [7, 11) is -3.48. The molecule has 2 aliphatic heterocycles. The minimum Gasteiger partial charge on any atom is -0.338 e.